The minimum absolute atomic E-state index is 0.266. The molecule has 0 saturated heterocycles. The fourth-order valence-electron chi connectivity index (χ4n) is 5.29. The van der Waals surface area contributed by atoms with Crippen LogP contribution >= 0.6 is 0 Å². The molecule has 0 spiro atoms. The molecule has 0 bridgehead atoms. The third-order valence-corrected chi connectivity index (χ3v) is 8.93. The average molecular weight is 656 g/mol. The van der Waals surface area contributed by atoms with Gasteiger partial charge < -0.3 is 15.5 Å². The molecule has 3 unspecified atom stereocenters. The molecule has 0 aliphatic rings. The Bertz CT molecular complexity index is 870. The van der Waals surface area contributed by atoms with Crippen LogP contribution in [0.3, 0.4) is 0 Å². The molecule has 0 fully saturated rings. The molecule has 1 amide bonds. The summed E-state index contributed by atoms with van der Waals surface area (Å²) in [5.41, 5.74) is 0. The summed E-state index contributed by atoms with van der Waals surface area (Å²) < 4.78 is 32.3. The van der Waals surface area contributed by atoms with E-state index in [2.05, 4.69) is 43.5 Å². The molecule has 7 nitrogen and oxygen atoms in total. The number of hydrogen-bond donors (Lipinski definition) is 4. The minimum Gasteiger partial charge on any atom is -0.387 e. The number of unbranched alkanes of at least 4 members (excludes halogenated alkanes) is 19. The molecule has 0 radical (unpaired) electrons. The highest BCUT2D eigenvalue weighted by molar-refractivity contribution is 7.85. The normalized spacial score (nSPS) is 14.5. The molecular formula is C37H69NO6S. The van der Waals surface area contributed by atoms with E-state index in [1.165, 1.54) is 102 Å². The van der Waals surface area contributed by atoms with Crippen molar-refractivity contribution in [1.29, 1.82) is 0 Å². The summed E-state index contributed by atoms with van der Waals surface area (Å²) in [6.45, 7) is 4.46. The fourth-order valence-corrected chi connectivity index (χ4v) is 6.02. The van der Waals surface area contributed by atoms with E-state index in [4.69, 9.17) is 0 Å². The van der Waals surface area contributed by atoms with E-state index in [0.29, 0.717) is 12.8 Å². The predicted molar refractivity (Wildman–Crippen MR) is 190 cm³/mol. The van der Waals surface area contributed by atoms with Crippen LogP contribution in [0.15, 0.2) is 36.5 Å². The first-order valence-electron chi connectivity index (χ1n) is 18.3. The molecule has 8 heteroatoms. The predicted octanol–water partition coefficient (Wildman–Crippen LogP) is 9.15. The molecule has 45 heavy (non-hydrogen) atoms. The van der Waals surface area contributed by atoms with Crippen LogP contribution in [0.4, 0.5) is 0 Å². The van der Waals surface area contributed by atoms with Crippen molar-refractivity contribution in [2.45, 2.75) is 186 Å². The first-order valence-corrected chi connectivity index (χ1v) is 19.9. The maximum Gasteiger partial charge on any atom is 0.267 e. The molecule has 0 aromatic heterocycles. The Morgan fingerprint density at radius 3 is 1.47 bits per heavy atom. The summed E-state index contributed by atoms with van der Waals surface area (Å²) in [5.74, 6) is -1.56. The number of amides is 1. The van der Waals surface area contributed by atoms with Gasteiger partial charge in [0.1, 0.15) is 6.10 Å². The van der Waals surface area contributed by atoms with Crippen LogP contribution in [0.2, 0.25) is 0 Å². The number of carbonyl (C=O) groups is 1. The summed E-state index contributed by atoms with van der Waals surface area (Å²) in [6, 6.07) is -1.25. The maximum atomic E-state index is 12.5. The lowest BCUT2D eigenvalue weighted by atomic mass is 10.0. The lowest BCUT2D eigenvalue weighted by Crippen LogP contribution is -2.50. The highest BCUT2D eigenvalue weighted by Crippen LogP contribution is 2.13. The van der Waals surface area contributed by atoms with Crippen LogP contribution in [-0.4, -0.2) is 53.1 Å². The molecule has 0 aromatic carbocycles. The topological polar surface area (TPSA) is 124 Å². The minimum atomic E-state index is -4.45. The Morgan fingerprint density at radius 2 is 1.00 bits per heavy atom. The van der Waals surface area contributed by atoms with Gasteiger partial charge in [0.25, 0.3) is 10.1 Å². The van der Waals surface area contributed by atoms with Crippen molar-refractivity contribution < 1.29 is 28.0 Å². The Balaban J connectivity index is 4.16. The van der Waals surface area contributed by atoms with Crippen molar-refractivity contribution in [1.82, 2.24) is 5.32 Å². The highest BCUT2D eigenvalue weighted by atomic mass is 32.2. The Hall–Kier alpha value is -1.48. The summed E-state index contributed by atoms with van der Waals surface area (Å²) >= 11 is 0. The van der Waals surface area contributed by atoms with E-state index >= 15 is 0 Å². The maximum absolute atomic E-state index is 12.5. The number of carbonyl (C=O) groups excluding carboxylic acids is 1. The van der Waals surface area contributed by atoms with Gasteiger partial charge in [0.05, 0.1) is 17.9 Å². The van der Waals surface area contributed by atoms with Gasteiger partial charge in [-0.3, -0.25) is 9.35 Å². The van der Waals surface area contributed by atoms with Gasteiger partial charge in [0.2, 0.25) is 5.91 Å². The first-order chi connectivity index (χ1) is 21.7. The van der Waals surface area contributed by atoms with Crippen LogP contribution in [-0.2, 0) is 14.9 Å². The summed E-state index contributed by atoms with van der Waals surface area (Å²) in [6.07, 6.45) is 36.3. The van der Waals surface area contributed by atoms with Crippen LogP contribution in [0, 0.1) is 0 Å². The van der Waals surface area contributed by atoms with E-state index in [-0.39, 0.29) is 6.42 Å². The lowest BCUT2D eigenvalue weighted by Gasteiger charge is -2.22. The number of allylic oxidation sites excluding steroid dienone is 5. The third-order valence-electron chi connectivity index (χ3n) is 8.15. The molecule has 264 valence electrons. The molecule has 4 N–H and O–H groups in total. The van der Waals surface area contributed by atoms with Gasteiger partial charge in [-0.25, -0.2) is 0 Å². The zero-order valence-electron chi connectivity index (χ0n) is 28.8. The van der Waals surface area contributed by atoms with Crippen LogP contribution < -0.4 is 5.32 Å². The smallest absolute Gasteiger partial charge is 0.267 e. The monoisotopic (exact) mass is 655 g/mol. The van der Waals surface area contributed by atoms with Gasteiger partial charge in [-0.2, -0.15) is 8.42 Å². The number of nitrogens with one attached hydrogen (secondary N) is 1. The average Bonchev–Trinajstić information content (AvgIpc) is 3.00. The standard InChI is InChI=1S/C37H69NO6S/c1-3-5-7-9-11-13-15-17-18-19-20-22-24-26-28-30-32-36(40)37(41)38-34(33-45(42,43)44)35(39)31-29-27-25-23-21-16-14-12-10-8-6-4-2/h17-18,21,23,29,31,34-36,39-40H,3-16,19-20,22,24-28,30,32-33H2,1-2H3,(H,38,41)(H,42,43,44)/b18-17-,23-21+,31-29+. The Morgan fingerprint density at radius 1 is 0.600 bits per heavy atom. The highest BCUT2D eigenvalue weighted by Gasteiger charge is 2.27. The van der Waals surface area contributed by atoms with Crippen molar-refractivity contribution in [2.75, 3.05) is 5.75 Å². The first kappa shape index (κ1) is 43.5. The van der Waals surface area contributed by atoms with Gasteiger partial charge in [0, 0.05) is 0 Å². The fraction of sp³-hybridized carbons (Fsp3) is 0.811. The van der Waals surface area contributed by atoms with Gasteiger partial charge in [-0.1, -0.05) is 147 Å². The van der Waals surface area contributed by atoms with Crippen molar-refractivity contribution in [2.24, 2.45) is 0 Å². The third kappa shape index (κ3) is 30.9. The van der Waals surface area contributed by atoms with Crippen molar-refractivity contribution in [3.8, 4) is 0 Å². The number of rotatable bonds is 32. The van der Waals surface area contributed by atoms with Gasteiger partial charge in [-0.15, -0.1) is 0 Å². The zero-order valence-corrected chi connectivity index (χ0v) is 29.7. The largest absolute Gasteiger partial charge is 0.387 e. The molecule has 0 rings (SSSR count). The number of hydrogen-bond acceptors (Lipinski definition) is 5. The van der Waals surface area contributed by atoms with Gasteiger partial charge >= 0.3 is 0 Å². The lowest BCUT2D eigenvalue weighted by molar-refractivity contribution is -0.130. The zero-order chi connectivity index (χ0) is 33.4. The second-order valence-electron chi connectivity index (χ2n) is 12.6. The number of aliphatic hydroxyl groups excluding tert-OH is 2. The van der Waals surface area contributed by atoms with Crippen LogP contribution in [0.1, 0.15) is 168 Å². The molecule has 0 aliphatic heterocycles. The summed E-state index contributed by atoms with van der Waals surface area (Å²) in [4.78, 5) is 12.5. The molecular weight excluding hydrogens is 586 g/mol. The molecule has 3 atom stereocenters. The van der Waals surface area contributed by atoms with Crippen molar-refractivity contribution in [3.05, 3.63) is 36.5 Å². The SMILES string of the molecule is CCCCCCCC/C=C\CCCCCCCCC(O)C(=O)NC(CS(=O)(=O)O)C(O)/C=C/CC/C=C/CCCCCCCC. The van der Waals surface area contributed by atoms with E-state index in [1.54, 1.807) is 6.08 Å². The number of aliphatic hydroxyl groups is 2. The van der Waals surface area contributed by atoms with Crippen LogP contribution in [0.25, 0.3) is 0 Å². The van der Waals surface area contributed by atoms with E-state index in [1.807, 2.05) is 0 Å². The van der Waals surface area contributed by atoms with E-state index in [0.717, 1.165) is 38.5 Å². The van der Waals surface area contributed by atoms with Gasteiger partial charge in [0.15, 0.2) is 0 Å². The summed E-state index contributed by atoms with van der Waals surface area (Å²) in [7, 11) is -4.45. The van der Waals surface area contributed by atoms with E-state index in [9.17, 15) is 28.0 Å². The van der Waals surface area contributed by atoms with Gasteiger partial charge in [-0.05, 0) is 57.8 Å². The second kappa shape index (κ2) is 31.1. The van der Waals surface area contributed by atoms with Crippen LogP contribution in [0.5, 0.6) is 0 Å². The van der Waals surface area contributed by atoms with Crippen molar-refractivity contribution in [3.63, 3.8) is 0 Å². The molecule has 0 aromatic rings. The Kier molecular flexibility index (Phi) is 30.1. The molecule has 0 heterocycles. The van der Waals surface area contributed by atoms with E-state index < -0.39 is 40.0 Å². The molecule has 0 saturated carbocycles. The van der Waals surface area contributed by atoms with Crippen molar-refractivity contribution >= 4 is 16.0 Å². The molecule has 0 aliphatic carbocycles. The summed E-state index contributed by atoms with van der Waals surface area (Å²) in [5, 5.41) is 23.2. The second-order valence-corrected chi connectivity index (χ2v) is 14.1. The quantitative estimate of drug-likeness (QED) is 0.0326. The Labute approximate surface area is 277 Å².